The van der Waals surface area contributed by atoms with Crippen molar-refractivity contribution >= 4 is 23.5 Å². The van der Waals surface area contributed by atoms with E-state index in [1.807, 2.05) is 0 Å². The summed E-state index contributed by atoms with van der Waals surface area (Å²) in [5.74, 6) is -1.21. The standard InChI is InChI=1S/C15H19ClO4.Na.H/c1-2-3-4-5-6-13(16)15(19)20-12-9-7-11(8-10-12)14(17)18;;/h7-10,13H,2-6H2,1H3,(H,17,18);;/q;+1;-1. The van der Waals surface area contributed by atoms with Crippen LogP contribution in [0.1, 0.15) is 50.8 Å². The molecule has 0 saturated heterocycles. The van der Waals surface area contributed by atoms with Crippen LogP contribution in [0, 0.1) is 0 Å². The van der Waals surface area contributed by atoms with Gasteiger partial charge in [-0.15, -0.1) is 11.6 Å². The molecule has 1 N–H and O–H groups in total. The van der Waals surface area contributed by atoms with Gasteiger partial charge >= 0.3 is 41.5 Å². The summed E-state index contributed by atoms with van der Waals surface area (Å²) in [6, 6.07) is 5.66. The van der Waals surface area contributed by atoms with Gasteiger partial charge in [-0.2, -0.15) is 0 Å². The van der Waals surface area contributed by atoms with Gasteiger partial charge in [0.25, 0.3) is 0 Å². The fraction of sp³-hybridized carbons (Fsp3) is 0.467. The Morgan fingerprint density at radius 2 is 1.86 bits per heavy atom. The normalized spacial score (nSPS) is 11.3. The zero-order chi connectivity index (χ0) is 15.0. The van der Waals surface area contributed by atoms with E-state index < -0.39 is 17.3 Å². The van der Waals surface area contributed by atoms with E-state index in [1.54, 1.807) is 0 Å². The molecular weight excluding hydrogens is 303 g/mol. The molecule has 0 aromatic heterocycles. The van der Waals surface area contributed by atoms with E-state index in [4.69, 9.17) is 21.4 Å². The van der Waals surface area contributed by atoms with Crippen LogP contribution in [0.2, 0.25) is 0 Å². The van der Waals surface area contributed by atoms with E-state index in [0.29, 0.717) is 12.2 Å². The molecule has 0 bridgehead atoms. The number of carbonyl (C=O) groups excluding carboxylic acids is 1. The smallest absolute Gasteiger partial charge is 1.00 e. The van der Waals surface area contributed by atoms with Gasteiger partial charge in [-0.05, 0) is 30.7 Å². The Morgan fingerprint density at radius 1 is 1.24 bits per heavy atom. The quantitative estimate of drug-likeness (QED) is 0.255. The molecule has 6 heteroatoms. The second-order valence-electron chi connectivity index (χ2n) is 4.57. The number of ether oxygens (including phenoxy) is 1. The summed E-state index contributed by atoms with van der Waals surface area (Å²) in [4.78, 5) is 22.4. The van der Waals surface area contributed by atoms with E-state index in [1.165, 1.54) is 24.3 Å². The SMILES string of the molecule is CCCCCCC(Cl)C(=O)Oc1ccc(C(=O)O)cc1.[H-].[Na+]. The van der Waals surface area contributed by atoms with E-state index in [0.717, 1.165) is 25.7 Å². The van der Waals surface area contributed by atoms with Crippen LogP contribution >= 0.6 is 11.6 Å². The molecule has 0 aliphatic heterocycles. The van der Waals surface area contributed by atoms with Gasteiger partial charge in [0, 0.05) is 0 Å². The molecule has 0 aliphatic rings. The van der Waals surface area contributed by atoms with Crippen molar-refractivity contribution in [2.24, 2.45) is 0 Å². The molecule has 1 aromatic carbocycles. The molecule has 0 aliphatic carbocycles. The Bertz CT molecular complexity index is 453. The van der Waals surface area contributed by atoms with Crippen molar-refractivity contribution in [2.75, 3.05) is 0 Å². The van der Waals surface area contributed by atoms with Crippen LogP contribution in [0.15, 0.2) is 24.3 Å². The second kappa shape index (κ2) is 11.1. The maximum atomic E-state index is 11.7. The molecule has 1 atom stereocenters. The first-order valence-corrected chi connectivity index (χ1v) is 7.17. The van der Waals surface area contributed by atoms with Gasteiger partial charge in [-0.1, -0.05) is 32.6 Å². The summed E-state index contributed by atoms with van der Waals surface area (Å²) >= 11 is 5.97. The summed E-state index contributed by atoms with van der Waals surface area (Å²) in [6.45, 7) is 2.12. The number of carboxylic acid groups (broad SMARTS) is 1. The summed E-state index contributed by atoms with van der Waals surface area (Å²) in [6.07, 6.45) is 4.81. The minimum Gasteiger partial charge on any atom is -1.00 e. The van der Waals surface area contributed by atoms with Crippen molar-refractivity contribution in [3.63, 3.8) is 0 Å². The largest absolute Gasteiger partial charge is 1.00 e. The zero-order valence-corrected chi connectivity index (χ0v) is 15.2. The molecule has 4 nitrogen and oxygen atoms in total. The van der Waals surface area contributed by atoms with Gasteiger partial charge < -0.3 is 11.3 Å². The van der Waals surface area contributed by atoms with Crippen molar-refractivity contribution in [1.82, 2.24) is 0 Å². The molecule has 1 aromatic rings. The van der Waals surface area contributed by atoms with Gasteiger partial charge in [-0.3, -0.25) is 4.79 Å². The average Bonchev–Trinajstić information content (AvgIpc) is 2.44. The Hall–Kier alpha value is -0.550. The summed E-state index contributed by atoms with van der Waals surface area (Å²) in [7, 11) is 0. The molecule has 21 heavy (non-hydrogen) atoms. The van der Waals surface area contributed by atoms with Crippen LogP contribution in [0.25, 0.3) is 0 Å². The number of alkyl halides is 1. The Balaban J connectivity index is 0. The van der Waals surface area contributed by atoms with Crippen molar-refractivity contribution in [3.8, 4) is 5.75 Å². The number of aromatic carboxylic acids is 1. The van der Waals surface area contributed by atoms with Gasteiger partial charge in [0.2, 0.25) is 0 Å². The van der Waals surface area contributed by atoms with Crippen LogP contribution in [0.3, 0.4) is 0 Å². The van der Waals surface area contributed by atoms with E-state index in [-0.39, 0.29) is 36.5 Å². The van der Waals surface area contributed by atoms with Crippen LogP contribution in [0.5, 0.6) is 5.75 Å². The molecule has 0 heterocycles. The number of hydrogen-bond acceptors (Lipinski definition) is 3. The maximum Gasteiger partial charge on any atom is 1.00 e. The first-order chi connectivity index (χ1) is 9.54. The predicted molar refractivity (Wildman–Crippen MR) is 78.5 cm³/mol. The number of rotatable bonds is 8. The van der Waals surface area contributed by atoms with Crippen molar-refractivity contribution in [1.29, 1.82) is 0 Å². The third kappa shape index (κ3) is 7.86. The molecule has 0 fully saturated rings. The number of esters is 1. The number of halogens is 1. The number of hydrogen-bond donors (Lipinski definition) is 1. The summed E-state index contributed by atoms with van der Waals surface area (Å²) in [5, 5.41) is 8.10. The third-order valence-electron chi connectivity index (χ3n) is 2.89. The topological polar surface area (TPSA) is 63.6 Å². The molecule has 1 unspecified atom stereocenters. The monoisotopic (exact) mass is 322 g/mol. The molecule has 0 spiro atoms. The minimum atomic E-state index is -1.02. The molecule has 0 radical (unpaired) electrons. The summed E-state index contributed by atoms with van der Waals surface area (Å²) in [5.41, 5.74) is 0.145. The van der Waals surface area contributed by atoms with Gasteiger partial charge in [0.15, 0.2) is 0 Å². The molecule has 0 amide bonds. The van der Waals surface area contributed by atoms with Gasteiger partial charge in [0.1, 0.15) is 11.1 Å². The average molecular weight is 323 g/mol. The van der Waals surface area contributed by atoms with E-state index in [9.17, 15) is 9.59 Å². The Kier molecular flexibility index (Phi) is 10.8. The Labute approximate surface area is 153 Å². The zero-order valence-electron chi connectivity index (χ0n) is 13.5. The van der Waals surface area contributed by atoms with Crippen LogP contribution in [0.4, 0.5) is 0 Å². The number of unbranched alkanes of at least 4 members (excludes halogenated alkanes) is 3. The molecule has 1 rings (SSSR count). The van der Waals surface area contributed by atoms with Crippen molar-refractivity contribution < 1.29 is 50.4 Å². The molecule has 0 saturated carbocycles. The number of carboxylic acids is 1. The summed E-state index contributed by atoms with van der Waals surface area (Å²) < 4.78 is 5.10. The predicted octanol–water partition coefficient (Wildman–Crippen LogP) is 0.984. The van der Waals surface area contributed by atoms with Gasteiger partial charge in [0.05, 0.1) is 5.56 Å². The van der Waals surface area contributed by atoms with Crippen LogP contribution in [-0.2, 0) is 4.79 Å². The van der Waals surface area contributed by atoms with Crippen molar-refractivity contribution in [2.45, 2.75) is 44.4 Å². The maximum absolute atomic E-state index is 11.7. The number of benzene rings is 1. The van der Waals surface area contributed by atoms with E-state index >= 15 is 0 Å². The number of carbonyl (C=O) groups is 2. The van der Waals surface area contributed by atoms with Crippen LogP contribution < -0.4 is 34.3 Å². The first kappa shape index (κ1) is 20.5. The molecule has 112 valence electrons. The minimum absolute atomic E-state index is 0. The van der Waals surface area contributed by atoms with Crippen LogP contribution in [-0.4, -0.2) is 22.4 Å². The fourth-order valence-electron chi connectivity index (χ4n) is 1.71. The first-order valence-electron chi connectivity index (χ1n) is 6.73. The van der Waals surface area contributed by atoms with Crippen molar-refractivity contribution in [3.05, 3.63) is 29.8 Å². The Morgan fingerprint density at radius 3 is 2.38 bits per heavy atom. The van der Waals surface area contributed by atoms with E-state index in [2.05, 4.69) is 6.92 Å². The molecular formula is C15H20ClNaO4. The fourth-order valence-corrected chi connectivity index (χ4v) is 1.91. The van der Waals surface area contributed by atoms with Gasteiger partial charge in [-0.25, -0.2) is 4.79 Å². The second-order valence-corrected chi connectivity index (χ2v) is 5.09. The third-order valence-corrected chi connectivity index (χ3v) is 3.28.